The fourth-order valence-corrected chi connectivity index (χ4v) is 0.809. The Kier molecular flexibility index (Phi) is 1.61. The molecule has 0 fully saturated rings. The van der Waals surface area contributed by atoms with Crippen LogP contribution in [-0.4, -0.2) is 20.2 Å². The van der Waals surface area contributed by atoms with Crippen LogP contribution in [0.25, 0.3) is 0 Å². The van der Waals surface area contributed by atoms with Crippen LogP contribution < -0.4 is 0 Å². The maximum atomic E-state index is 8.73. The molecule has 0 N–H and O–H groups in total. The van der Waals surface area contributed by atoms with Crippen LogP contribution in [-0.2, 0) is 12.5 Å². The van der Waals surface area contributed by atoms with Crippen molar-refractivity contribution in [1.82, 2.24) is 20.2 Å². The topological polar surface area (TPSA) is 67.4 Å². The van der Waals surface area contributed by atoms with E-state index < -0.39 is 5.41 Å². The van der Waals surface area contributed by atoms with Gasteiger partial charge in [0.1, 0.15) is 5.41 Å². The largest absolute Gasteiger partial charge is 0.231 e. The molecule has 5 nitrogen and oxygen atoms in total. The Morgan fingerprint density at radius 2 is 2.18 bits per heavy atom. The van der Waals surface area contributed by atoms with E-state index in [1.165, 1.54) is 4.68 Å². The first-order valence-corrected chi connectivity index (χ1v) is 3.22. The number of hydrogen-bond acceptors (Lipinski definition) is 4. The van der Waals surface area contributed by atoms with Crippen molar-refractivity contribution in [2.45, 2.75) is 19.3 Å². The van der Waals surface area contributed by atoms with Crippen molar-refractivity contribution in [3.63, 3.8) is 0 Å². The Balaban J connectivity index is 3.13. The molecule has 0 aromatic carbocycles. The van der Waals surface area contributed by atoms with E-state index in [4.69, 9.17) is 5.26 Å². The minimum absolute atomic E-state index is 0.583. The lowest BCUT2D eigenvalue weighted by atomic mass is 9.95. The molecule has 1 aromatic heterocycles. The predicted octanol–water partition coefficient (Wildman–Crippen LogP) is 0.0113. The molecule has 0 spiro atoms. The van der Waals surface area contributed by atoms with Crippen molar-refractivity contribution in [1.29, 1.82) is 5.26 Å². The highest BCUT2D eigenvalue weighted by Crippen LogP contribution is 2.17. The van der Waals surface area contributed by atoms with Crippen LogP contribution in [0, 0.1) is 11.3 Å². The zero-order valence-corrected chi connectivity index (χ0v) is 6.74. The van der Waals surface area contributed by atoms with Gasteiger partial charge in [-0.15, -0.1) is 5.10 Å². The second kappa shape index (κ2) is 2.31. The molecule has 0 amide bonds. The third-order valence-corrected chi connectivity index (χ3v) is 1.46. The van der Waals surface area contributed by atoms with Crippen molar-refractivity contribution in [3.05, 3.63) is 5.82 Å². The number of nitrogens with zero attached hydrogens (tertiary/aromatic N) is 5. The van der Waals surface area contributed by atoms with Crippen molar-refractivity contribution < 1.29 is 0 Å². The third-order valence-electron chi connectivity index (χ3n) is 1.46. The number of aromatic nitrogens is 4. The van der Waals surface area contributed by atoms with Gasteiger partial charge in [0.15, 0.2) is 5.82 Å². The summed E-state index contributed by atoms with van der Waals surface area (Å²) in [6.45, 7) is 3.55. The van der Waals surface area contributed by atoms with Gasteiger partial charge in [-0.2, -0.15) is 5.26 Å². The van der Waals surface area contributed by atoms with Crippen LogP contribution in [0.3, 0.4) is 0 Å². The summed E-state index contributed by atoms with van der Waals surface area (Å²) in [5.41, 5.74) is -0.613. The van der Waals surface area contributed by atoms with Gasteiger partial charge in [0.25, 0.3) is 0 Å². The van der Waals surface area contributed by atoms with E-state index in [9.17, 15) is 0 Å². The Bertz CT molecular complexity index is 292. The number of rotatable bonds is 1. The maximum absolute atomic E-state index is 8.73. The molecule has 1 aromatic rings. The van der Waals surface area contributed by atoms with Gasteiger partial charge in [-0.05, 0) is 24.3 Å². The average molecular weight is 151 g/mol. The summed E-state index contributed by atoms with van der Waals surface area (Å²) in [5, 5.41) is 19.6. The van der Waals surface area contributed by atoms with Crippen LogP contribution in [0.5, 0.6) is 0 Å². The van der Waals surface area contributed by atoms with E-state index in [2.05, 4.69) is 21.6 Å². The Morgan fingerprint density at radius 3 is 2.55 bits per heavy atom. The molecular formula is C6H9N5. The van der Waals surface area contributed by atoms with Crippen molar-refractivity contribution in [2.75, 3.05) is 0 Å². The molecule has 0 unspecified atom stereocenters. The summed E-state index contributed by atoms with van der Waals surface area (Å²) in [7, 11) is 1.72. The SMILES string of the molecule is Cn1nnnc1C(C)(C)C#N. The molecule has 1 rings (SSSR count). The van der Waals surface area contributed by atoms with Crippen LogP contribution in [0.4, 0.5) is 0 Å². The van der Waals surface area contributed by atoms with Crippen molar-refractivity contribution in [3.8, 4) is 6.07 Å². The second-order valence-electron chi connectivity index (χ2n) is 2.86. The van der Waals surface area contributed by atoms with Gasteiger partial charge < -0.3 is 0 Å². The first-order chi connectivity index (χ1) is 5.08. The quantitative estimate of drug-likeness (QED) is 0.567. The van der Waals surface area contributed by atoms with E-state index in [-0.39, 0.29) is 0 Å². The summed E-state index contributed by atoms with van der Waals surface area (Å²) in [6.07, 6.45) is 0. The normalized spacial score (nSPS) is 11.1. The lowest BCUT2D eigenvalue weighted by Gasteiger charge is -2.11. The van der Waals surface area contributed by atoms with Gasteiger partial charge in [0, 0.05) is 7.05 Å². The Morgan fingerprint density at radius 1 is 1.55 bits per heavy atom. The van der Waals surface area contributed by atoms with Gasteiger partial charge in [-0.3, -0.25) is 0 Å². The lowest BCUT2D eigenvalue weighted by molar-refractivity contribution is 0.569. The van der Waals surface area contributed by atoms with Gasteiger partial charge in [0.05, 0.1) is 6.07 Å². The Hall–Kier alpha value is -1.44. The molecule has 11 heavy (non-hydrogen) atoms. The molecule has 0 aliphatic rings. The molecule has 1 heterocycles. The summed E-state index contributed by atoms with van der Waals surface area (Å²) >= 11 is 0. The highest BCUT2D eigenvalue weighted by molar-refractivity contribution is 5.14. The molecule has 0 radical (unpaired) electrons. The fraction of sp³-hybridized carbons (Fsp3) is 0.667. The van der Waals surface area contributed by atoms with Crippen molar-refractivity contribution in [2.24, 2.45) is 7.05 Å². The third kappa shape index (κ3) is 1.19. The van der Waals surface area contributed by atoms with Crippen molar-refractivity contribution >= 4 is 0 Å². The molecule has 0 atom stereocenters. The van der Waals surface area contributed by atoms with E-state index in [0.717, 1.165) is 0 Å². The Labute approximate surface area is 64.6 Å². The van der Waals surface area contributed by atoms with E-state index >= 15 is 0 Å². The highest BCUT2D eigenvalue weighted by atomic mass is 15.5. The van der Waals surface area contributed by atoms with E-state index in [1.54, 1.807) is 20.9 Å². The molecule has 58 valence electrons. The lowest BCUT2D eigenvalue weighted by Crippen LogP contribution is -2.19. The molecule has 5 heteroatoms. The number of tetrazole rings is 1. The van der Waals surface area contributed by atoms with Crippen LogP contribution in [0.2, 0.25) is 0 Å². The number of aryl methyl sites for hydroxylation is 1. The minimum Gasteiger partial charge on any atom is -0.231 e. The maximum Gasteiger partial charge on any atom is 0.170 e. The summed E-state index contributed by atoms with van der Waals surface area (Å²) in [5.74, 6) is 0.583. The molecule has 0 bridgehead atoms. The number of hydrogen-bond donors (Lipinski definition) is 0. The van der Waals surface area contributed by atoms with Crippen LogP contribution in [0.15, 0.2) is 0 Å². The summed E-state index contributed by atoms with van der Waals surface area (Å²) < 4.78 is 1.50. The van der Waals surface area contributed by atoms with Gasteiger partial charge >= 0.3 is 0 Å². The molecular weight excluding hydrogens is 142 g/mol. The summed E-state index contributed by atoms with van der Waals surface area (Å²) in [4.78, 5) is 0. The highest BCUT2D eigenvalue weighted by Gasteiger charge is 2.25. The summed E-state index contributed by atoms with van der Waals surface area (Å²) in [6, 6.07) is 2.12. The van der Waals surface area contributed by atoms with Gasteiger partial charge in [0.2, 0.25) is 0 Å². The minimum atomic E-state index is -0.613. The smallest absolute Gasteiger partial charge is 0.170 e. The predicted molar refractivity (Wildman–Crippen MR) is 37.4 cm³/mol. The average Bonchev–Trinajstić information content (AvgIpc) is 2.36. The van der Waals surface area contributed by atoms with E-state index in [1.807, 2.05) is 0 Å². The zero-order chi connectivity index (χ0) is 8.48. The first-order valence-electron chi connectivity index (χ1n) is 3.22. The first kappa shape index (κ1) is 7.66. The van der Waals surface area contributed by atoms with Crippen LogP contribution in [0.1, 0.15) is 19.7 Å². The second-order valence-corrected chi connectivity index (χ2v) is 2.86. The van der Waals surface area contributed by atoms with E-state index in [0.29, 0.717) is 5.82 Å². The molecule has 0 saturated heterocycles. The van der Waals surface area contributed by atoms with Gasteiger partial charge in [-0.25, -0.2) is 4.68 Å². The zero-order valence-electron chi connectivity index (χ0n) is 6.74. The molecule has 0 saturated carbocycles. The monoisotopic (exact) mass is 151 g/mol. The molecule has 0 aliphatic carbocycles. The van der Waals surface area contributed by atoms with Crippen LogP contribution >= 0.6 is 0 Å². The standard InChI is InChI=1S/C6H9N5/c1-6(2,4-7)5-8-9-10-11(5)3/h1-3H3. The van der Waals surface area contributed by atoms with Gasteiger partial charge in [-0.1, -0.05) is 0 Å². The fourth-order valence-electron chi connectivity index (χ4n) is 0.809. The molecule has 0 aliphatic heterocycles. The number of nitriles is 1.